The van der Waals surface area contributed by atoms with Crippen molar-refractivity contribution in [2.24, 2.45) is 5.73 Å². The Morgan fingerprint density at radius 1 is 1.73 bits per heavy atom. The van der Waals surface area contributed by atoms with E-state index >= 15 is 0 Å². The second kappa shape index (κ2) is 3.69. The maximum absolute atomic E-state index is 11.0. The molecule has 11 heavy (non-hydrogen) atoms. The highest BCUT2D eigenvalue weighted by Crippen LogP contribution is 2.17. The molecule has 2 atom stereocenters. The third kappa shape index (κ3) is 2.86. The highest BCUT2D eigenvalue weighted by molar-refractivity contribution is 5.76. The van der Waals surface area contributed by atoms with E-state index in [1.54, 1.807) is 0 Å². The summed E-state index contributed by atoms with van der Waals surface area (Å²) in [5.74, 6) is 0.0947. The summed E-state index contributed by atoms with van der Waals surface area (Å²) in [5, 5.41) is 5.75. The Hall–Kier alpha value is -0.610. The lowest BCUT2D eigenvalue weighted by Gasteiger charge is -2.01. The molecule has 0 spiro atoms. The number of nitrogens with one attached hydrogen (secondary N) is 2. The van der Waals surface area contributed by atoms with E-state index in [-0.39, 0.29) is 18.0 Å². The van der Waals surface area contributed by atoms with E-state index in [0.29, 0.717) is 6.42 Å². The monoisotopic (exact) mass is 157 g/mol. The fourth-order valence-corrected chi connectivity index (χ4v) is 0.898. The maximum atomic E-state index is 11.0. The van der Waals surface area contributed by atoms with E-state index in [1.165, 1.54) is 0 Å². The fraction of sp³-hybridized carbons (Fsp3) is 0.857. The van der Waals surface area contributed by atoms with E-state index in [0.717, 1.165) is 13.0 Å². The summed E-state index contributed by atoms with van der Waals surface area (Å²) in [5.41, 5.74) is 5.51. The normalized spacial score (nSPS) is 28.2. The smallest absolute Gasteiger partial charge is 0.221 e. The first-order chi connectivity index (χ1) is 5.24. The molecular weight excluding hydrogens is 142 g/mol. The van der Waals surface area contributed by atoms with Gasteiger partial charge < -0.3 is 16.4 Å². The minimum absolute atomic E-state index is 0.0947. The largest absolute Gasteiger partial charge is 0.352 e. The lowest BCUT2D eigenvalue weighted by molar-refractivity contribution is -0.121. The molecule has 64 valence electrons. The van der Waals surface area contributed by atoms with Gasteiger partial charge in [-0.2, -0.15) is 0 Å². The van der Waals surface area contributed by atoms with Crippen LogP contribution < -0.4 is 16.4 Å². The predicted octanol–water partition coefficient (Wildman–Crippen LogP) is -1.19. The summed E-state index contributed by atoms with van der Waals surface area (Å²) >= 11 is 0. The number of hydrogen-bond donors (Lipinski definition) is 3. The first-order valence-corrected chi connectivity index (χ1v) is 3.93. The number of carbonyl (C=O) groups is 1. The molecule has 2 unspecified atom stereocenters. The maximum Gasteiger partial charge on any atom is 0.221 e. The van der Waals surface area contributed by atoms with Crippen molar-refractivity contribution >= 4 is 5.91 Å². The molecule has 0 aliphatic heterocycles. The highest BCUT2D eigenvalue weighted by Gasteiger charge is 2.34. The third-order valence-corrected chi connectivity index (χ3v) is 1.79. The SMILES string of the molecule is CNCCC(=O)NC1CC1N. The molecule has 1 rings (SSSR count). The molecule has 4 N–H and O–H groups in total. The van der Waals surface area contributed by atoms with Gasteiger partial charge in [0.15, 0.2) is 0 Å². The molecule has 1 fully saturated rings. The van der Waals surface area contributed by atoms with Gasteiger partial charge in [0.2, 0.25) is 5.91 Å². The van der Waals surface area contributed by atoms with Crippen LogP contribution in [0.15, 0.2) is 0 Å². The number of carbonyl (C=O) groups excluding carboxylic acids is 1. The zero-order valence-electron chi connectivity index (χ0n) is 6.76. The molecule has 0 radical (unpaired) electrons. The quantitative estimate of drug-likeness (QED) is 0.481. The molecule has 0 bridgehead atoms. The van der Waals surface area contributed by atoms with Gasteiger partial charge in [0.25, 0.3) is 0 Å². The molecule has 0 aromatic rings. The Morgan fingerprint density at radius 2 is 2.36 bits per heavy atom. The average molecular weight is 157 g/mol. The van der Waals surface area contributed by atoms with Crippen molar-refractivity contribution in [2.75, 3.05) is 13.6 Å². The Bertz CT molecular complexity index is 149. The van der Waals surface area contributed by atoms with Crippen LogP contribution in [0.1, 0.15) is 12.8 Å². The van der Waals surface area contributed by atoms with Crippen molar-refractivity contribution in [3.63, 3.8) is 0 Å². The van der Waals surface area contributed by atoms with Crippen LogP contribution in [-0.4, -0.2) is 31.6 Å². The van der Waals surface area contributed by atoms with Gasteiger partial charge in [0.1, 0.15) is 0 Å². The zero-order valence-corrected chi connectivity index (χ0v) is 6.76. The molecule has 0 saturated heterocycles. The fourth-order valence-electron chi connectivity index (χ4n) is 0.898. The second-order valence-electron chi connectivity index (χ2n) is 2.93. The summed E-state index contributed by atoms with van der Waals surface area (Å²) in [6.07, 6.45) is 1.48. The Labute approximate surface area is 66.5 Å². The van der Waals surface area contributed by atoms with Crippen molar-refractivity contribution in [3.8, 4) is 0 Å². The summed E-state index contributed by atoms with van der Waals surface area (Å²) in [6, 6.07) is 0.452. The van der Waals surface area contributed by atoms with Crippen molar-refractivity contribution < 1.29 is 4.79 Å². The summed E-state index contributed by atoms with van der Waals surface area (Å²) in [4.78, 5) is 11.0. The van der Waals surface area contributed by atoms with Gasteiger partial charge in [-0.3, -0.25) is 4.79 Å². The summed E-state index contributed by atoms with van der Waals surface area (Å²) in [7, 11) is 1.83. The van der Waals surface area contributed by atoms with Gasteiger partial charge in [0, 0.05) is 25.0 Å². The molecule has 1 saturated carbocycles. The summed E-state index contributed by atoms with van der Waals surface area (Å²) < 4.78 is 0. The van der Waals surface area contributed by atoms with Crippen molar-refractivity contribution in [2.45, 2.75) is 24.9 Å². The molecular formula is C7H15N3O. The standard InChI is InChI=1S/C7H15N3O/c1-9-3-2-7(11)10-6-4-5(6)8/h5-6,9H,2-4,8H2,1H3,(H,10,11). The van der Waals surface area contributed by atoms with E-state index in [1.807, 2.05) is 7.05 Å². The Balaban J connectivity index is 2.02. The highest BCUT2D eigenvalue weighted by atomic mass is 16.1. The minimum atomic E-state index is 0.0947. The van der Waals surface area contributed by atoms with E-state index < -0.39 is 0 Å². The van der Waals surface area contributed by atoms with Crippen LogP contribution in [-0.2, 0) is 4.79 Å². The van der Waals surface area contributed by atoms with Gasteiger partial charge in [-0.05, 0) is 13.5 Å². The predicted molar refractivity (Wildman–Crippen MR) is 43.1 cm³/mol. The van der Waals surface area contributed by atoms with Gasteiger partial charge in [-0.1, -0.05) is 0 Å². The number of nitrogens with two attached hydrogens (primary N) is 1. The van der Waals surface area contributed by atoms with Crippen LogP contribution in [0.25, 0.3) is 0 Å². The first kappa shape index (κ1) is 8.49. The molecule has 0 aromatic heterocycles. The van der Waals surface area contributed by atoms with Crippen LogP contribution >= 0.6 is 0 Å². The Kier molecular flexibility index (Phi) is 2.84. The lowest BCUT2D eigenvalue weighted by atomic mass is 10.4. The second-order valence-corrected chi connectivity index (χ2v) is 2.93. The number of rotatable bonds is 4. The molecule has 1 aliphatic rings. The van der Waals surface area contributed by atoms with Gasteiger partial charge in [0.05, 0.1) is 0 Å². The van der Waals surface area contributed by atoms with Gasteiger partial charge in [-0.15, -0.1) is 0 Å². The number of amides is 1. The van der Waals surface area contributed by atoms with Crippen LogP contribution in [0.4, 0.5) is 0 Å². The van der Waals surface area contributed by atoms with E-state index in [4.69, 9.17) is 5.73 Å². The van der Waals surface area contributed by atoms with Crippen LogP contribution in [0.2, 0.25) is 0 Å². The molecule has 1 amide bonds. The molecule has 0 heterocycles. The average Bonchev–Trinajstić information content (AvgIpc) is 2.62. The van der Waals surface area contributed by atoms with E-state index in [2.05, 4.69) is 10.6 Å². The van der Waals surface area contributed by atoms with Crippen LogP contribution in [0.3, 0.4) is 0 Å². The van der Waals surface area contributed by atoms with Crippen LogP contribution in [0.5, 0.6) is 0 Å². The molecule has 4 heteroatoms. The van der Waals surface area contributed by atoms with Gasteiger partial charge >= 0.3 is 0 Å². The van der Waals surface area contributed by atoms with E-state index in [9.17, 15) is 4.79 Å². The molecule has 1 aliphatic carbocycles. The topological polar surface area (TPSA) is 67.2 Å². The zero-order chi connectivity index (χ0) is 8.27. The van der Waals surface area contributed by atoms with Crippen molar-refractivity contribution in [1.82, 2.24) is 10.6 Å². The van der Waals surface area contributed by atoms with Crippen LogP contribution in [0, 0.1) is 0 Å². The summed E-state index contributed by atoms with van der Waals surface area (Å²) in [6.45, 7) is 0.730. The number of hydrogen-bond acceptors (Lipinski definition) is 3. The third-order valence-electron chi connectivity index (χ3n) is 1.79. The molecule has 0 aromatic carbocycles. The molecule has 4 nitrogen and oxygen atoms in total. The van der Waals surface area contributed by atoms with Crippen molar-refractivity contribution in [1.29, 1.82) is 0 Å². The lowest BCUT2D eigenvalue weighted by Crippen LogP contribution is -2.31. The Morgan fingerprint density at radius 3 is 2.82 bits per heavy atom. The van der Waals surface area contributed by atoms with Crippen molar-refractivity contribution in [3.05, 3.63) is 0 Å². The minimum Gasteiger partial charge on any atom is -0.352 e. The first-order valence-electron chi connectivity index (χ1n) is 3.93. The van der Waals surface area contributed by atoms with Gasteiger partial charge in [-0.25, -0.2) is 0 Å².